The summed E-state index contributed by atoms with van der Waals surface area (Å²) in [5.74, 6) is -1.17. The molecular formula is C14H18N2O4S. The molecule has 0 bridgehead atoms. The van der Waals surface area contributed by atoms with Gasteiger partial charge in [-0.15, -0.1) is 0 Å². The Morgan fingerprint density at radius 2 is 2.05 bits per heavy atom. The number of nitriles is 1. The van der Waals surface area contributed by atoms with Crippen molar-refractivity contribution in [3.8, 4) is 6.07 Å². The molecule has 2 N–H and O–H groups in total. The number of carboxylic acids is 1. The highest BCUT2D eigenvalue weighted by atomic mass is 32.2. The molecule has 0 amide bonds. The smallest absolute Gasteiger partial charge is 0.321 e. The number of nitrogens with zero attached hydrogens (tertiary/aromatic N) is 1. The summed E-state index contributed by atoms with van der Waals surface area (Å²) in [6, 6.07) is 4.83. The van der Waals surface area contributed by atoms with Crippen LogP contribution in [-0.4, -0.2) is 25.5 Å². The highest BCUT2D eigenvalue weighted by molar-refractivity contribution is 7.89. The summed E-state index contributed by atoms with van der Waals surface area (Å²) in [6.07, 6.45) is 0.198. The third-order valence-corrected chi connectivity index (χ3v) is 4.40. The molecule has 0 spiro atoms. The van der Waals surface area contributed by atoms with Crippen molar-refractivity contribution in [1.82, 2.24) is 4.72 Å². The Balaban J connectivity index is 3.08. The Hall–Kier alpha value is -1.91. The van der Waals surface area contributed by atoms with Gasteiger partial charge in [-0.1, -0.05) is 13.8 Å². The van der Waals surface area contributed by atoms with Crippen LogP contribution in [0.1, 0.15) is 31.4 Å². The van der Waals surface area contributed by atoms with Crippen LogP contribution in [-0.2, 0) is 14.8 Å². The van der Waals surface area contributed by atoms with Crippen LogP contribution in [0.5, 0.6) is 0 Å². The predicted molar refractivity (Wildman–Crippen MR) is 77.1 cm³/mol. The van der Waals surface area contributed by atoms with Gasteiger partial charge in [-0.05, 0) is 43.0 Å². The van der Waals surface area contributed by atoms with Gasteiger partial charge in [-0.2, -0.15) is 9.98 Å². The zero-order chi connectivity index (χ0) is 16.2. The van der Waals surface area contributed by atoms with E-state index >= 15 is 0 Å². The maximum absolute atomic E-state index is 12.2. The fraction of sp³-hybridized carbons (Fsp3) is 0.429. The number of aliphatic carboxylic acids is 1. The minimum Gasteiger partial charge on any atom is -0.480 e. The number of hydrogen-bond acceptors (Lipinski definition) is 4. The van der Waals surface area contributed by atoms with Crippen LogP contribution in [0, 0.1) is 24.2 Å². The van der Waals surface area contributed by atoms with Crippen molar-refractivity contribution in [1.29, 1.82) is 5.26 Å². The average molecular weight is 310 g/mol. The molecule has 1 unspecified atom stereocenters. The summed E-state index contributed by atoms with van der Waals surface area (Å²) >= 11 is 0. The van der Waals surface area contributed by atoms with E-state index in [9.17, 15) is 13.2 Å². The van der Waals surface area contributed by atoms with Crippen LogP contribution in [0.15, 0.2) is 23.1 Å². The van der Waals surface area contributed by atoms with E-state index in [1.165, 1.54) is 18.2 Å². The fourth-order valence-electron chi connectivity index (χ4n) is 1.85. The van der Waals surface area contributed by atoms with Crippen molar-refractivity contribution >= 4 is 16.0 Å². The van der Waals surface area contributed by atoms with Gasteiger partial charge in [0.2, 0.25) is 10.0 Å². The molecule has 6 nitrogen and oxygen atoms in total. The lowest BCUT2D eigenvalue weighted by molar-refractivity contribution is -0.139. The Morgan fingerprint density at radius 3 is 2.48 bits per heavy atom. The molecule has 1 aromatic rings. The lowest BCUT2D eigenvalue weighted by atomic mass is 10.1. The van der Waals surface area contributed by atoms with E-state index in [4.69, 9.17) is 10.4 Å². The summed E-state index contributed by atoms with van der Waals surface area (Å²) < 4.78 is 26.6. The zero-order valence-electron chi connectivity index (χ0n) is 12.1. The molecule has 0 fully saturated rings. The van der Waals surface area contributed by atoms with Crippen LogP contribution in [0.3, 0.4) is 0 Å². The maximum atomic E-state index is 12.2. The standard InChI is InChI=1S/C14H18N2O4S/c1-9(2)6-13(14(17)18)16-21(19,20)12-5-4-11(8-15)10(3)7-12/h4-5,7,9,13,16H,6H2,1-3H3,(H,17,18). The van der Waals surface area contributed by atoms with E-state index in [-0.39, 0.29) is 17.2 Å². The molecule has 1 aromatic carbocycles. The SMILES string of the molecule is Cc1cc(S(=O)(=O)NC(CC(C)C)C(=O)O)ccc1C#N. The second-order valence-corrected chi connectivity index (χ2v) is 6.94. The third-order valence-electron chi connectivity index (χ3n) is 2.93. The first kappa shape index (κ1) is 17.1. The van der Waals surface area contributed by atoms with Gasteiger partial charge in [-0.25, -0.2) is 8.42 Å². The Morgan fingerprint density at radius 1 is 1.43 bits per heavy atom. The summed E-state index contributed by atoms with van der Waals surface area (Å²) in [7, 11) is -3.94. The highest BCUT2D eigenvalue weighted by Gasteiger charge is 2.26. The van der Waals surface area contributed by atoms with Gasteiger partial charge in [0.15, 0.2) is 0 Å². The maximum Gasteiger partial charge on any atom is 0.321 e. The molecule has 0 aromatic heterocycles. The van der Waals surface area contributed by atoms with Gasteiger partial charge < -0.3 is 5.11 Å². The van der Waals surface area contributed by atoms with Gasteiger partial charge in [0.25, 0.3) is 0 Å². The fourth-order valence-corrected chi connectivity index (χ4v) is 3.14. The van der Waals surface area contributed by atoms with Crippen molar-refractivity contribution in [2.75, 3.05) is 0 Å². The van der Waals surface area contributed by atoms with Gasteiger partial charge in [-0.3, -0.25) is 4.79 Å². The lowest BCUT2D eigenvalue weighted by Crippen LogP contribution is -2.41. The van der Waals surface area contributed by atoms with E-state index in [1.54, 1.807) is 6.92 Å². The number of nitrogens with one attached hydrogen (secondary N) is 1. The van der Waals surface area contributed by atoms with Crippen LogP contribution >= 0.6 is 0 Å². The molecule has 21 heavy (non-hydrogen) atoms. The van der Waals surface area contributed by atoms with Crippen molar-refractivity contribution in [3.63, 3.8) is 0 Å². The monoisotopic (exact) mass is 310 g/mol. The van der Waals surface area contributed by atoms with Gasteiger partial charge in [0, 0.05) is 0 Å². The first-order chi connectivity index (χ1) is 9.67. The van der Waals surface area contributed by atoms with Gasteiger partial charge in [0.1, 0.15) is 6.04 Å². The first-order valence-corrected chi connectivity index (χ1v) is 7.91. The molecule has 1 rings (SSSR count). The topological polar surface area (TPSA) is 107 Å². The first-order valence-electron chi connectivity index (χ1n) is 6.43. The third kappa shape index (κ3) is 4.55. The molecule has 1 atom stereocenters. The van der Waals surface area contributed by atoms with Gasteiger partial charge >= 0.3 is 5.97 Å². The van der Waals surface area contributed by atoms with E-state index in [2.05, 4.69) is 4.72 Å². The number of hydrogen-bond donors (Lipinski definition) is 2. The summed E-state index contributed by atoms with van der Waals surface area (Å²) in [6.45, 7) is 5.26. The normalized spacial score (nSPS) is 12.9. The average Bonchev–Trinajstić information content (AvgIpc) is 2.36. The van der Waals surface area contributed by atoms with E-state index < -0.39 is 22.0 Å². The van der Waals surface area contributed by atoms with Crippen molar-refractivity contribution in [2.45, 2.75) is 38.1 Å². The number of rotatable bonds is 6. The Labute approximate surface area is 124 Å². The molecule has 0 aliphatic carbocycles. The minimum atomic E-state index is -3.94. The zero-order valence-corrected chi connectivity index (χ0v) is 12.9. The minimum absolute atomic E-state index is 0.0384. The number of aryl methyl sites for hydroxylation is 1. The highest BCUT2D eigenvalue weighted by Crippen LogP contribution is 2.16. The quantitative estimate of drug-likeness (QED) is 0.830. The molecule has 7 heteroatoms. The van der Waals surface area contributed by atoms with Crippen molar-refractivity contribution < 1.29 is 18.3 Å². The second kappa shape index (κ2) is 6.70. The molecule has 0 aliphatic heterocycles. The van der Waals surface area contributed by atoms with E-state index in [0.717, 1.165) is 0 Å². The molecule has 0 saturated carbocycles. The summed E-state index contributed by atoms with van der Waals surface area (Å²) in [5, 5.41) is 17.9. The molecule has 0 heterocycles. The summed E-state index contributed by atoms with van der Waals surface area (Å²) in [4.78, 5) is 11.1. The van der Waals surface area contributed by atoms with Crippen LogP contribution in [0.4, 0.5) is 0 Å². The van der Waals surface area contributed by atoms with Crippen molar-refractivity contribution in [3.05, 3.63) is 29.3 Å². The van der Waals surface area contributed by atoms with Crippen LogP contribution < -0.4 is 4.72 Å². The van der Waals surface area contributed by atoms with E-state index in [0.29, 0.717) is 11.1 Å². The second-order valence-electron chi connectivity index (χ2n) is 5.23. The van der Waals surface area contributed by atoms with Crippen LogP contribution in [0.25, 0.3) is 0 Å². The van der Waals surface area contributed by atoms with Crippen LogP contribution in [0.2, 0.25) is 0 Å². The van der Waals surface area contributed by atoms with Crippen molar-refractivity contribution in [2.24, 2.45) is 5.92 Å². The Kier molecular flexibility index (Phi) is 5.47. The molecular weight excluding hydrogens is 292 g/mol. The molecule has 0 aliphatic rings. The molecule has 114 valence electrons. The van der Waals surface area contributed by atoms with E-state index in [1.807, 2.05) is 19.9 Å². The number of benzene rings is 1. The lowest BCUT2D eigenvalue weighted by Gasteiger charge is -2.17. The predicted octanol–water partition coefficient (Wildman–Crippen LogP) is 1.64. The molecule has 0 saturated heterocycles. The Bertz CT molecular complexity index is 675. The number of carbonyl (C=O) groups is 1. The molecule has 0 radical (unpaired) electrons. The largest absolute Gasteiger partial charge is 0.480 e. The number of carboxylic acid groups (broad SMARTS) is 1. The van der Waals surface area contributed by atoms with Gasteiger partial charge in [0.05, 0.1) is 16.5 Å². The number of sulfonamides is 1. The summed E-state index contributed by atoms with van der Waals surface area (Å²) in [5.41, 5.74) is 0.905.